The molecular weight excluding hydrogens is 302 g/mol. The Hall–Kier alpha value is -1.11. The number of rotatable bonds is 3. The van der Waals surface area contributed by atoms with Crippen LogP contribution < -0.4 is 0 Å². The fourth-order valence-corrected chi connectivity index (χ4v) is 4.35. The van der Waals surface area contributed by atoms with Gasteiger partial charge in [-0.1, -0.05) is 17.7 Å². The molecule has 0 spiro atoms. The van der Waals surface area contributed by atoms with Gasteiger partial charge in [0.05, 0.1) is 10.3 Å². The van der Waals surface area contributed by atoms with Crippen molar-refractivity contribution in [3.05, 3.63) is 28.8 Å². The van der Waals surface area contributed by atoms with Gasteiger partial charge in [-0.15, -0.1) is 0 Å². The van der Waals surface area contributed by atoms with Crippen LogP contribution in [0.5, 0.6) is 0 Å². The zero-order chi connectivity index (χ0) is 15.1. The van der Waals surface area contributed by atoms with Crippen LogP contribution in [0.4, 0.5) is 0 Å². The minimum absolute atomic E-state index is 0.0172. The lowest BCUT2D eigenvalue weighted by Gasteiger charge is -2.21. The van der Waals surface area contributed by atoms with Gasteiger partial charge in [0.25, 0.3) is 0 Å². The van der Waals surface area contributed by atoms with Gasteiger partial charge in [0.1, 0.15) is 0 Å². The summed E-state index contributed by atoms with van der Waals surface area (Å²) in [5.41, 5.74) is -0.544. The molecular formula is C13H16ClNO4S. The molecule has 1 saturated heterocycles. The van der Waals surface area contributed by atoms with Crippen molar-refractivity contribution in [2.75, 3.05) is 13.1 Å². The third kappa shape index (κ3) is 2.43. The number of halogens is 1. The van der Waals surface area contributed by atoms with Gasteiger partial charge in [0, 0.05) is 18.1 Å². The number of aliphatic carboxylic acids is 1. The first kappa shape index (κ1) is 15.3. The Morgan fingerprint density at radius 2 is 2.10 bits per heavy atom. The summed E-state index contributed by atoms with van der Waals surface area (Å²) in [6.07, 6.45) is 0.307. The third-order valence-electron chi connectivity index (χ3n) is 3.79. The van der Waals surface area contributed by atoms with Crippen molar-refractivity contribution in [2.24, 2.45) is 5.41 Å². The summed E-state index contributed by atoms with van der Waals surface area (Å²) in [6.45, 7) is 3.39. The smallest absolute Gasteiger partial charge is 0.310 e. The molecule has 0 bridgehead atoms. The van der Waals surface area contributed by atoms with Gasteiger partial charge in [0.2, 0.25) is 10.0 Å². The Morgan fingerprint density at radius 1 is 1.45 bits per heavy atom. The number of hydrogen-bond donors (Lipinski definition) is 1. The molecule has 0 aromatic heterocycles. The van der Waals surface area contributed by atoms with E-state index in [9.17, 15) is 18.3 Å². The second-order valence-corrected chi connectivity index (χ2v) is 7.63. The van der Waals surface area contributed by atoms with Crippen LogP contribution in [-0.2, 0) is 14.8 Å². The van der Waals surface area contributed by atoms with E-state index in [0.717, 1.165) is 0 Å². The zero-order valence-electron chi connectivity index (χ0n) is 11.3. The van der Waals surface area contributed by atoms with Crippen molar-refractivity contribution in [3.63, 3.8) is 0 Å². The largest absolute Gasteiger partial charge is 0.481 e. The molecule has 0 aliphatic carbocycles. The summed E-state index contributed by atoms with van der Waals surface area (Å²) in [5, 5.41) is 9.56. The Labute approximate surface area is 123 Å². The monoisotopic (exact) mass is 317 g/mol. The van der Waals surface area contributed by atoms with Crippen molar-refractivity contribution in [1.29, 1.82) is 0 Å². The molecule has 1 fully saturated rings. The van der Waals surface area contributed by atoms with Crippen molar-refractivity contribution in [3.8, 4) is 0 Å². The highest BCUT2D eigenvalue weighted by Gasteiger charge is 2.45. The Balaban J connectivity index is 2.38. The first-order chi connectivity index (χ1) is 9.18. The molecule has 1 N–H and O–H groups in total. The average Bonchev–Trinajstić information content (AvgIpc) is 2.77. The molecule has 2 rings (SSSR count). The van der Waals surface area contributed by atoms with Crippen LogP contribution in [0.3, 0.4) is 0 Å². The summed E-state index contributed by atoms with van der Waals surface area (Å²) in [5.74, 6) is -0.974. The molecule has 1 aliphatic rings. The van der Waals surface area contributed by atoms with Crippen LogP contribution in [0.2, 0.25) is 5.02 Å². The lowest BCUT2D eigenvalue weighted by atomic mass is 9.90. The molecule has 1 unspecified atom stereocenters. The van der Waals surface area contributed by atoms with Crippen molar-refractivity contribution >= 4 is 27.6 Å². The summed E-state index contributed by atoms with van der Waals surface area (Å²) in [6, 6.07) is 4.70. The molecule has 20 heavy (non-hydrogen) atoms. The second-order valence-electron chi connectivity index (χ2n) is 5.32. The van der Waals surface area contributed by atoms with Crippen LogP contribution in [0.1, 0.15) is 18.9 Å². The normalized spacial score (nSPS) is 23.9. The maximum absolute atomic E-state index is 12.6. The number of sulfonamides is 1. The van der Waals surface area contributed by atoms with E-state index in [-0.39, 0.29) is 18.0 Å². The summed E-state index contributed by atoms with van der Waals surface area (Å²) >= 11 is 5.96. The molecule has 0 saturated carbocycles. The zero-order valence-corrected chi connectivity index (χ0v) is 12.8. The van der Waals surface area contributed by atoms with E-state index in [1.807, 2.05) is 0 Å². The fourth-order valence-electron chi connectivity index (χ4n) is 2.30. The van der Waals surface area contributed by atoms with Crippen LogP contribution in [0.15, 0.2) is 23.1 Å². The minimum Gasteiger partial charge on any atom is -0.481 e. The Kier molecular flexibility index (Phi) is 3.83. The number of carboxylic acid groups (broad SMARTS) is 1. The quantitative estimate of drug-likeness (QED) is 0.926. The van der Waals surface area contributed by atoms with E-state index < -0.39 is 21.4 Å². The number of carbonyl (C=O) groups is 1. The Morgan fingerprint density at radius 3 is 2.65 bits per heavy atom. The molecule has 1 aromatic carbocycles. The van der Waals surface area contributed by atoms with Crippen molar-refractivity contribution < 1.29 is 18.3 Å². The van der Waals surface area contributed by atoms with Crippen LogP contribution in [0.25, 0.3) is 0 Å². The highest BCUT2D eigenvalue weighted by molar-refractivity contribution is 7.89. The van der Waals surface area contributed by atoms with E-state index >= 15 is 0 Å². The average molecular weight is 318 g/mol. The highest BCUT2D eigenvalue weighted by atomic mass is 35.5. The highest BCUT2D eigenvalue weighted by Crippen LogP contribution is 2.35. The van der Waals surface area contributed by atoms with Crippen LogP contribution in [-0.4, -0.2) is 36.9 Å². The standard InChI is InChI=1S/C13H16ClNO4S/c1-9-10(14)4-3-5-11(9)20(18,19)15-7-6-13(2,8-15)12(16)17/h3-5H,6-8H2,1-2H3,(H,16,17). The molecule has 110 valence electrons. The van der Waals surface area contributed by atoms with Gasteiger partial charge < -0.3 is 5.11 Å². The van der Waals surface area contributed by atoms with Crippen molar-refractivity contribution in [2.45, 2.75) is 25.2 Å². The topological polar surface area (TPSA) is 74.7 Å². The van der Waals surface area contributed by atoms with Gasteiger partial charge >= 0.3 is 5.97 Å². The van der Waals surface area contributed by atoms with Gasteiger partial charge in [0.15, 0.2) is 0 Å². The van der Waals surface area contributed by atoms with E-state index in [4.69, 9.17) is 11.6 Å². The summed E-state index contributed by atoms with van der Waals surface area (Å²) in [7, 11) is -3.71. The predicted molar refractivity (Wildman–Crippen MR) is 75.3 cm³/mol. The maximum atomic E-state index is 12.6. The lowest BCUT2D eigenvalue weighted by molar-refractivity contribution is -0.146. The molecule has 1 aliphatic heterocycles. The molecule has 1 atom stereocenters. The first-order valence-electron chi connectivity index (χ1n) is 6.17. The number of nitrogens with zero attached hydrogens (tertiary/aromatic N) is 1. The number of hydrogen-bond acceptors (Lipinski definition) is 3. The van der Waals surface area contributed by atoms with E-state index in [0.29, 0.717) is 17.0 Å². The lowest BCUT2D eigenvalue weighted by Crippen LogP contribution is -2.35. The van der Waals surface area contributed by atoms with Gasteiger partial charge in [-0.25, -0.2) is 8.42 Å². The number of benzene rings is 1. The molecule has 1 heterocycles. The predicted octanol–water partition coefficient (Wildman–Crippen LogP) is 2.13. The van der Waals surface area contributed by atoms with Crippen molar-refractivity contribution in [1.82, 2.24) is 4.31 Å². The van der Waals surface area contributed by atoms with Crippen LogP contribution in [0, 0.1) is 12.3 Å². The first-order valence-corrected chi connectivity index (χ1v) is 7.99. The molecule has 7 heteroatoms. The summed E-state index contributed by atoms with van der Waals surface area (Å²) in [4.78, 5) is 11.3. The van der Waals surface area contributed by atoms with Gasteiger partial charge in [-0.3, -0.25) is 4.79 Å². The third-order valence-corrected chi connectivity index (χ3v) is 6.19. The van der Waals surface area contributed by atoms with Gasteiger partial charge in [-0.05, 0) is 38.0 Å². The molecule has 1 aromatic rings. The van der Waals surface area contributed by atoms with Crippen LogP contribution >= 0.6 is 11.6 Å². The van der Waals surface area contributed by atoms with Gasteiger partial charge in [-0.2, -0.15) is 4.31 Å². The molecule has 5 nitrogen and oxygen atoms in total. The SMILES string of the molecule is Cc1c(Cl)cccc1S(=O)(=O)N1CCC(C)(C(=O)O)C1. The van der Waals surface area contributed by atoms with E-state index in [2.05, 4.69) is 0 Å². The maximum Gasteiger partial charge on any atom is 0.310 e. The number of carboxylic acids is 1. The van der Waals surface area contributed by atoms with E-state index in [1.54, 1.807) is 26.0 Å². The fraction of sp³-hybridized carbons (Fsp3) is 0.462. The summed E-state index contributed by atoms with van der Waals surface area (Å²) < 4.78 is 26.4. The Bertz CT molecular complexity index is 658. The van der Waals surface area contributed by atoms with E-state index in [1.165, 1.54) is 10.4 Å². The second kappa shape index (κ2) is 5.02. The minimum atomic E-state index is -3.71. The molecule has 0 amide bonds. The molecule has 0 radical (unpaired) electrons.